The highest BCUT2D eigenvalue weighted by Crippen LogP contribution is 2.28. The van der Waals surface area contributed by atoms with Crippen molar-refractivity contribution in [1.82, 2.24) is 9.88 Å². The van der Waals surface area contributed by atoms with Gasteiger partial charge in [-0.15, -0.1) is 0 Å². The maximum atomic E-state index is 13.2. The minimum atomic E-state index is -0.764. The van der Waals surface area contributed by atoms with Crippen LogP contribution in [-0.4, -0.2) is 22.4 Å². The van der Waals surface area contributed by atoms with E-state index in [1.54, 1.807) is 30.3 Å². The van der Waals surface area contributed by atoms with E-state index in [4.69, 9.17) is 0 Å². The number of barbiturate groups is 1. The molecule has 0 radical (unpaired) electrons. The van der Waals surface area contributed by atoms with E-state index in [9.17, 15) is 14.4 Å². The Kier molecular flexibility index (Phi) is 5.60. The van der Waals surface area contributed by atoms with Crippen molar-refractivity contribution in [3.05, 3.63) is 86.7 Å². The molecule has 1 aromatic heterocycles. The number of nitrogens with zero attached hydrogens (tertiary/aromatic N) is 2. The summed E-state index contributed by atoms with van der Waals surface area (Å²) >= 11 is 3.34. The average molecular weight is 492 g/mol. The second-order valence-electron chi connectivity index (χ2n) is 7.89. The molecular formula is C25H22BrN3O3. The van der Waals surface area contributed by atoms with E-state index in [1.807, 2.05) is 26.8 Å². The van der Waals surface area contributed by atoms with Gasteiger partial charge in [0, 0.05) is 21.5 Å². The third-order valence-electron chi connectivity index (χ3n) is 5.55. The van der Waals surface area contributed by atoms with E-state index in [-0.39, 0.29) is 5.57 Å². The number of hydrogen-bond acceptors (Lipinski definition) is 3. The lowest BCUT2D eigenvalue weighted by Gasteiger charge is -2.26. The van der Waals surface area contributed by atoms with Gasteiger partial charge in [-0.3, -0.25) is 14.9 Å². The van der Waals surface area contributed by atoms with Crippen molar-refractivity contribution in [1.29, 1.82) is 0 Å². The highest BCUT2D eigenvalue weighted by Gasteiger charge is 2.37. The lowest BCUT2D eigenvalue weighted by atomic mass is 10.1. The minimum Gasteiger partial charge on any atom is -0.318 e. The molecule has 1 aliphatic rings. The molecule has 0 spiro atoms. The number of aromatic nitrogens is 1. The second kappa shape index (κ2) is 8.24. The maximum absolute atomic E-state index is 13.2. The third-order valence-corrected chi connectivity index (χ3v) is 6.08. The molecular weight excluding hydrogens is 470 g/mol. The highest BCUT2D eigenvalue weighted by atomic mass is 79.9. The molecule has 0 atom stereocenters. The summed E-state index contributed by atoms with van der Waals surface area (Å²) < 4.78 is 2.92. The van der Waals surface area contributed by atoms with Crippen LogP contribution in [0.15, 0.2) is 58.6 Å². The monoisotopic (exact) mass is 491 g/mol. The number of halogens is 1. The first-order chi connectivity index (χ1) is 15.2. The molecule has 162 valence electrons. The summed E-state index contributed by atoms with van der Waals surface area (Å²) in [6, 6.07) is 14.1. The van der Waals surface area contributed by atoms with Crippen LogP contribution < -0.4 is 10.2 Å². The lowest BCUT2D eigenvalue weighted by molar-refractivity contribution is -0.122. The van der Waals surface area contributed by atoms with Crippen LogP contribution in [0.1, 0.15) is 28.1 Å². The number of carbonyl (C=O) groups is 3. The summed E-state index contributed by atoms with van der Waals surface area (Å²) in [6.45, 7) is 8.03. The molecule has 2 heterocycles. The van der Waals surface area contributed by atoms with Gasteiger partial charge < -0.3 is 4.57 Å². The van der Waals surface area contributed by atoms with Gasteiger partial charge in [-0.25, -0.2) is 9.69 Å². The van der Waals surface area contributed by atoms with Crippen LogP contribution >= 0.6 is 15.9 Å². The lowest BCUT2D eigenvalue weighted by Crippen LogP contribution is -2.54. The normalized spacial score (nSPS) is 15.5. The Labute approximate surface area is 194 Å². The molecule has 4 amide bonds. The van der Waals surface area contributed by atoms with E-state index >= 15 is 0 Å². The van der Waals surface area contributed by atoms with Gasteiger partial charge in [0.2, 0.25) is 0 Å². The molecule has 7 heteroatoms. The van der Waals surface area contributed by atoms with Crippen LogP contribution in [0.2, 0.25) is 0 Å². The number of anilines is 1. The van der Waals surface area contributed by atoms with E-state index in [0.717, 1.165) is 37.6 Å². The first-order valence-electron chi connectivity index (χ1n) is 10.1. The number of hydrogen-bond donors (Lipinski definition) is 1. The predicted molar refractivity (Wildman–Crippen MR) is 128 cm³/mol. The Bertz CT molecular complexity index is 1300. The van der Waals surface area contributed by atoms with Crippen molar-refractivity contribution in [2.45, 2.75) is 27.7 Å². The van der Waals surface area contributed by atoms with Gasteiger partial charge in [0.15, 0.2) is 0 Å². The van der Waals surface area contributed by atoms with E-state index in [2.05, 4.69) is 50.9 Å². The average Bonchev–Trinajstić information content (AvgIpc) is 3.00. The van der Waals surface area contributed by atoms with Gasteiger partial charge in [-0.1, -0.05) is 33.6 Å². The zero-order chi connectivity index (χ0) is 23.2. The Hall–Kier alpha value is -3.45. The van der Waals surface area contributed by atoms with Gasteiger partial charge in [0.25, 0.3) is 11.8 Å². The summed E-state index contributed by atoms with van der Waals surface area (Å²) in [6.07, 6.45) is 1.55. The Morgan fingerprint density at radius 3 is 2.25 bits per heavy atom. The van der Waals surface area contributed by atoms with Crippen molar-refractivity contribution in [2.75, 3.05) is 4.90 Å². The van der Waals surface area contributed by atoms with Crippen molar-refractivity contribution in [2.24, 2.45) is 0 Å². The van der Waals surface area contributed by atoms with Crippen LogP contribution in [0.4, 0.5) is 10.5 Å². The van der Waals surface area contributed by atoms with Gasteiger partial charge in [0.1, 0.15) is 5.57 Å². The summed E-state index contributed by atoms with van der Waals surface area (Å²) in [4.78, 5) is 39.1. The number of rotatable bonds is 3. The fourth-order valence-corrected chi connectivity index (χ4v) is 4.26. The quantitative estimate of drug-likeness (QED) is 0.407. The summed E-state index contributed by atoms with van der Waals surface area (Å²) in [5.74, 6) is -1.36. The molecule has 6 nitrogen and oxygen atoms in total. The Morgan fingerprint density at radius 1 is 0.906 bits per heavy atom. The fraction of sp³-hybridized carbons (Fsp3) is 0.160. The van der Waals surface area contributed by atoms with Crippen LogP contribution in [0.25, 0.3) is 11.8 Å². The zero-order valence-electron chi connectivity index (χ0n) is 18.2. The topological polar surface area (TPSA) is 71.4 Å². The Morgan fingerprint density at radius 2 is 1.59 bits per heavy atom. The molecule has 32 heavy (non-hydrogen) atoms. The number of benzene rings is 2. The number of amides is 4. The third kappa shape index (κ3) is 3.80. The zero-order valence-corrected chi connectivity index (χ0v) is 19.8. The number of aryl methyl sites for hydroxylation is 3. The first kappa shape index (κ1) is 21.8. The maximum Gasteiger partial charge on any atom is 0.335 e. The molecule has 4 rings (SSSR count). The highest BCUT2D eigenvalue weighted by molar-refractivity contribution is 9.10. The Balaban J connectivity index is 1.77. The number of urea groups is 1. The summed E-state index contributed by atoms with van der Waals surface area (Å²) in [7, 11) is 0. The number of imide groups is 2. The molecule has 1 N–H and O–H groups in total. The molecule has 1 saturated heterocycles. The minimum absolute atomic E-state index is 0.0894. The molecule has 0 bridgehead atoms. The van der Waals surface area contributed by atoms with Crippen molar-refractivity contribution < 1.29 is 14.4 Å². The SMILES string of the molecule is Cc1ccc(-n2c(C)cc(/C=C3\C(=O)NC(=O)N(c4ccc(Br)cc4)C3=O)c2C)c(C)c1. The van der Waals surface area contributed by atoms with Gasteiger partial charge in [-0.2, -0.15) is 0 Å². The summed E-state index contributed by atoms with van der Waals surface area (Å²) in [5.41, 5.74) is 6.26. The van der Waals surface area contributed by atoms with E-state index < -0.39 is 17.8 Å². The van der Waals surface area contributed by atoms with Gasteiger partial charge in [0.05, 0.1) is 5.69 Å². The van der Waals surface area contributed by atoms with Crippen molar-refractivity contribution in [3.8, 4) is 5.69 Å². The first-order valence-corrected chi connectivity index (χ1v) is 10.9. The molecule has 1 aliphatic heterocycles. The van der Waals surface area contributed by atoms with Crippen molar-refractivity contribution >= 4 is 45.5 Å². The summed E-state index contributed by atoms with van der Waals surface area (Å²) in [5, 5.41) is 2.27. The van der Waals surface area contributed by atoms with Crippen LogP contribution in [0, 0.1) is 27.7 Å². The van der Waals surface area contributed by atoms with Crippen LogP contribution in [-0.2, 0) is 9.59 Å². The smallest absolute Gasteiger partial charge is 0.318 e. The van der Waals surface area contributed by atoms with Gasteiger partial charge in [-0.05, 0) is 81.3 Å². The molecule has 1 fully saturated rings. The predicted octanol–water partition coefficient (Wildman–Crippen LogP) is 5.14. The largest absolute Gasteiger partial charge is 0.335 e. The number of carbonyl (C=O) groups excluding carboxylic acids is 3. The molecule has 3 aromatic rings. The number of nitrogens with one attached hydrogen (secondary N) is 1. The molecule has 0 unspecified atom stereocenters. The van der Waals surface area contributed by atoms with Crippen LogP contribution in [0.5, 0.6) is 0 Å². The van der Waals surface area contributed by atoms with E-state index in [1.165, 1.54) is 5.56 Å². The molecule has 0 aliphatic carbocycles. The molecule has 0 saturated carbocycles. The second-order valence-corrected chi connectivity index (χ2v) is 8.80. The van der Waals surface area contributed by atoms with Gasteiger partial charge >= 0.3 is 6.03 Å². The molecule has 2 aromatic carbocycles. The fourth-order valence-electron chi connectivity index (χ4n) is 4.00. The van der Waals surface area contributed by atoms with E-state index in [0.29, 0.717) is 5.69 Å². The van der Waals surface area contributed by atoms with Crippen molar-refractivity contribution in [3.63, 3.8) is 0 Å². The standard InChI is InChI=1S/C25H22BrN3O3/c1-14-5-10-22(15(2)11-14)28-16(3)12-18(17(28)4)13-21-23(30)27-25(32)29(24(21)31)20-8-6-19(26)7-9-20/h5-13H,1-4H3,(H,27,30,32)/b21-13+. The van der Waals surface area contributed by atoms with Crippen LogP contribution in [0.3, 0.4) is 0 Å².